The standard InChI is InChI=1S/C15H28.C15H16.C12H24.C10H20.C10H14.C9H16.C9H12.C8H18.C3H8/c2*1-12-3-7-14(8-4-12)11-15-9-5-13(2)6-10-15;1-6-12(5)8-10(2)7-11(3,4)9-12;2*1-3-9-6-5-7-10(4-2)8-9;1-2-8-5-7-3-4-9(8)6-7;1-7-4-5-8(2)9(3)6-7;1-3-5-7-8-6-4-2;1-3-2/h12-15H,3-11H2,1-2H3;3-10H,11H2,1-2H3;10H,6-9H2,1-5H3;9-10H,3-8H2,1-2H3;5-8H,3-4H2,1-2H3;7-9H,2-6H2,1H3;4-6H,1-3H3;3-8H2,1-2H3;3H2,1-2H3. The summed E-state index contributed by atoms with van der Waals surface area (Å²) >= 11 is 0. The third-order valence-electron chi connectivity index (χ3n) is 22.5. The Morgan fingerprint density at radius 2 is 0.879 bits per heavy atom. The summed E-state index contributed by atoms with van der Waals surface area (Å²) in [5, 5.41) is 0. The van der Waals surface area contributed by atoms with Crippen LogP contribution >= 0.6 is 0 Å². The van der Waals surface area contributed by atoms with E-state index in [0.29, 0.717) is 10.8 Å². The summed E-state index contributed by atoms with van der Waals surface area (Å²) < 4.78 is 0. The maximum atomic E-state index is 2.46. The zero-order valence-electron chi connectivity index (χ0n) is 65.0. The molecular weight excluding hydrogens is 1090 g/mol. The van der Waals surface area contributed by atoms with Gasteiger partial charge in [-0.15, -0.1) is 0 Å². The molecule has 6 fully saturated rings. The fourth-order valence-corrected chi connectivity index (χ4v) is 16.5. The minimum absolute atomic E-state index is 0.586. The van der Waals surface area contributed by atoms with Crippen molar-refractivity contribution in [2.24, 2.45) is 70.0 Å². The third kappa shape index (κ3) is 37.7. The average molecular weight is 1250 g/mol. The van der Waals surface area contributed by atoms with Gasteiger partial charge in [-0.05, 0) is 209 Å². The van der Waals surface area contributed by atoms with Crippen LogP contribution in [-0.4, -0.2) is 0 Å². The van der Waals surface area contributed by atoms with Gasteiger partial charge in [-0.25, -0.2) is 0 Å². The summed E-state index contributed by atoms with van der Waals surface area (Å²) in [5.74, 6) is 10.7. The molecule has 4 aromatic carbocycles. The molecular formula is C91H156. The topological polar surface area (TPSA) is 0 Å². The van der Waals surface area contributed by atoms with Gasteiger partial charge < -0.3 is 0 Å². The second kappa shape index (κ2) is 48.6. The summed E-state index contributed by atoms with van der Waals surface area (Å²) in [6.45, 7) is 47.7. The Balaban J connectivity index is 0.000000355. The van der Waals surface area contributed by atoms with Crippen LogP contribution in [0.1, 0.15) is 360 Å². The first-order valence-corrected chi connectivity index (χ1v) is 39.7. The molecule has 4 aromatic rings. The monoisotopic (exact) mass is 1250 g/mol. The van der Waals surface area contributed by atoms with Gasteiger partial charge in [-0.1, -0.05) is 366 Å². The van der Waals surface area contributed by atoms with E-state index in [1.807, 2.05) is 0 Å². The molecule has 0 aromatic heterocycles. The highest BCUT2D eigenvalue weighted by Crippen LogP contribution is 2.51. The fourth-order valence-electron chi connectivity index (χ4n) is 16.5. The molecule has 520 valence electrons. The molecule has 0 saturated heterocycles. The van der Waals surface area contributed by atoms with Crippen molar-refractivity contribution in [3.8, 4) is 0 Å². The molecule has 0 heteroatoms. The zero-order chi connectivity index (χ0) is 67.6. The molecule has 6 aliphatic carbocycles. The second-order valence-corrected chi connectivity index (χ2v) is 32.4. The summed E-state index contributed by atoms with van der Waals surface area (Å²) in [6, 6.07) is 32.8. The first-order chi connectivity index (χ1) is 43.5. The van der Waals surface area contributed by atoms with Crippen LogP contribution in [0.4, 0.5) is 0 Å². The van der Waals surface area contributed by atoms with Crippen LogP contribution in [0.15, 0.2) is 91.0 Å². The van der Waals surface area contributed by atoms with Gasteiger partial charge in [0.2, 0.25) is 0 Å². The lowest BCUT2D eigenvalue weighted by atomic mass is 9.60. The normalized spacial score (nSPS) is 25.8. The van der Waals surface area contributed by atoms with E-state index in [4.69, 9.17) is 0 Å². The number of hydrogen-bond donors (Lipinski definition) is 0. The smallest absolute Gasteiger partial charge is 0.00258 e. The molecule has 91 heavy (non-hydrogen) atoms. The summed E-state index contributed by atoms with van der Waals surface area (Å²) in [5.41, 5.74) is 13.6. The lowest BCUT2D eigenvalue weighted by molar-refractivity contribution is 0.0581. The van der Waals surface area contributed by atoms with E-state index in [9.17, 15) is 0 Å². The van der Waals surface area contributed by atoms with Crippen molar-refractivity contribution in [3.63, 3.8) is 0 Å². The van der Waals surface area contributed by atoms with Crippen LogP contribution < -0.4 is 0 Å². The molecule has 0 amide bonds. The Morgan fingerprint density at radius 1 is 0.407 bits per heavy atom. The highest BCUT2D eigenvalue weighted by molar-refractivity contribution is 5.30. The largest absolute Gasteiger partial charge is 0.0656 e. The first kappa shape index (κ1) is 84.0. The van der Waals surface area contributed by atoms with E-state index in [2.05, 4.69) is 236 Å². The van der Waals surface area contributed by atoms with Gasteiger partial charge in [0.1, 0.15) is 0 Å². The number of unbranched alkanes of at least 4 members (excludes halogenated alkanes) is 5. The fraction of sp³-hybridized carbons (Fsp3) is 0.736. The van der Waals surface area contributed by atoms with E-state index in [1.165, 1.54) is 217 Å². The third-order valence-corrected chi connectivity index (χ3v) is 22.5. The highest BCUT2D eigenvalue weighted by Gasteiger charge is 2.39. The predicted molar refractivity (Wildman–Crippen MR) is 413 cm³/mol. The molecule has 10 rings (SSSR count). The van der Waals surface area contributed by atoms with Gasteiger partial charge in [-0.2, -0.15) is 0 Å². The van der Waals surface area contributed by atoms with Crippen LogP contribution in [0.25, 0.3) is 0 Å². The van der Waals surface area contributed by atoms with E-state index >= 15 is 0 Å². The van der Waals surface area contributed by atoms with Crippen molar-refractivity contribution in [3.05, 3.63) is 141 Å². The predicted octanol–water partition coefficient (Wildman–Crippen LogP) is 29.8. The molecule has 6 saturated carbocycles. The number of hydrogen-bond acceptors (Lipinski definition) is 0. The van der Waals surface area contributed by atoms with Crippen molar-refractivity contribution in [1.82, 2.24) is 0 Å². The molecule has 6 aliphatic rings. The molecule has 0 heterocycles. The van der Waals surface area contributed by atoms with Crippen molar-refractivity contribution >= 4 is 0 Å². The van der Waals surface area contributed by atoms with Crippen molar-refractivity contribution in [2.45, 2.75) is 364 Å². The summed E-state index contributed by atoms with van der Waals surface area (Å²) in [4.78, 5) is 0. The minimum atomic E-state index is 0.586. The maximum Gasteiger partial charge on any atom is -0.00258 e. The van der Waals surface area contributed by atoms with Gasteiger partial charge in [-0.3, -0.25) is 0 Å². The Bertz CT molecular complexity index is 2230. The van der Waals surface area contributed by atoms with E-state index in [0.717, 1.165) is 78.4 Å². The highest BCUT2D eigenvalue weighted by atomic mass is 14.4. The van der Waals surface area contributed by atoms with Crippen molar-refractivity contribution in [1.29, 1.82) is 0 Å². The van der Waals surface area contributed by atoms with Gasteiger partial charge in [0.05, 0.1) is 0 Å². The Morgan fingerprint density at radius 3 is 1.23 bits per heavy atom. The van der Waals surface area contributed by atoms with E-state index in [1.54, 1.807) is 32.1 Å². The van der Waals surface area contributed by atoms with Gasteiger partial charge in [0.25, 0.3) is 0 Å². The lowest BCUT2D eigenvalue weighted by Crippen LogP contribution is -2.34. The molecule has 0 aliphatic heterocycles. The van der Waals surface area contributed by atoms with E-state index < -0.39 is 0 Å². The molecule has 0 spiro atoms. The van der Waals surface area contributed by atoms with Gasteiger partial charge in [0.15, 0.2) is 0 Å². The molecule has 0 radical (unpaired) electrons. The first-order valence-electron chi connectivity index (χ1n) is 39.7. The number of benzene rings is 4. The molecule has 7 atom stereocenters. The second-order valence-electron chi connectivity index (χ2n) is 32.4. The van der Waals surface area contributed by atoms with Crippen LogP contribution in [0, 0.1) is 105 Å². The number of rotatable bonds is 15. The Kier molecular flexibility index (Phi) is 44.8. The van der Waals surface area contributed by atoms with E-state index in [-0.39, 0.29) is 0 Å². The van der Waals surface area contributed by atoms with Crippen LogP contribution in [-0.2, 0) is 19.3 Å². The van der Waals surface area contributed by atoms with Crippen LogP contribution in [0.2, 0.25) is 0 Å². The maximum absolute atomic E-state index is 2.46. The molecule has 2 bridgehead atoms. The van der Waals surface area contributed by atoms with Crippen molar-refractivity contribution in [2.75, 3.05) is 0 Å². The average Bonchev–Trinajstić information content (AvgIpc) is 2.18. The Labute approximate surface area is 571 Å². The van der Waals surface area contributed by atoms with Crippen molar-refractivity contribution < 1.29 is 0 Å². The van der Waals surface area contributed by atoms with Crippen LogP contribution in [0.3, 0.4) is 0 Å². The zero-order valence-corrected chi connectivity index (χ0v) is 65.0. The number of fused-ring (bicyclic) bond motifs is 2. The quantitative estimate of drug-likeness (QED) is 0.104. The number of aryl methyl sites for hydroxylation is 7. The van der Waals surface area contributed by atoms with Crippen LogP contribution in [0.5, 0.6) is 0 Å². The lowest BCUT2D eigenvalue weighted by Gasteiger charge is -2.45. The Hall–Kier alpha value is -3.12. The molecule has 0 nitrogen and oxygen atoms in total. The van der Waals surface area contributed by atoms with Gasteiger partial charge >= 0.3 is 0 Å². The summed E-state index contributed by atoms with van der Waals surface area (Å²) in [7, 11) is 0. The minimum Gasteiger partial charge on any atom is -0.0656 e. The SMILES string of the molecule is CC1CCC(CC2CCC(C)CC2)CC1.CCC.CCC1(C)CC(C)CC(C)(C)C1.CCC1CC2CCC1C2.CCC1CCCC(CC)C1.CCCCCCCC.CCc1cccc(CC)c1.Cc1ccc(C)c(C)c1.Cc1ccc(Cc2ccc(C)cc2)cc1. The van der Waals surface area contributed by atoms with Gasteiger partial charge in [0, 0.05) is 0 Å². The molecule has 7 unspecified atom stereocenters. The summed E-state index contributed by atoms with van der Waals surface area (Å²) in [6.07, 6.45) is 49.0. The molecule has 0 N–H and O–H groups in total.